The summed E-state index contributed by atoms with van der Waals surface area (Å²) in [5.41, 5.74) is 6.97. The van der Waals surface area contributed by atoms with E-state index in [4.69, 9.17) is 5.73 Å². The molecule has 0 fully saturated rings. The lowest BCUT2D eigenvalue weighted by molar-refractivity contribution is 0.600. The molecule has 2 aromatic heterocycles. The zero-order valence-corrected chi connectivity index (χ0v) is 12.8. The summed E-state index contributed by atoms with van der Waals surface area (Å²) in [5.74, 6) is -0.0139. The first kappa shape index (κ1) is 14.1. The number of rotatable bonds is 3. The standard InChI is InChI=1S/C13H12N4O2S2/c1-21(19)13-16-9-3-2-8(6-10(9)20-13)7-17-5-4-15-11(14)12(17)18/h2-6H,7H2,1H3,(H2,14,15). The van der Waals surface area contributed by atoms with E-state index in [1.165, 1.54) is 22.1 Å². The van der Waals surface area contributed by atoms with Gasteiger partial charge >= 0.3 is 4.34 Å². The monoisotopic (exact) mass is 320 g/mol. The lowest BCUT2D eigenvalue weighted by atomic mass is 10.2. The van der Waals surface area contributed by atoms with Gasteiger partial charge in [0.25, 0.3) is 5.56 Å². The molecule has 21 heavy (non-hydrogen) atoms. The molecule has 0 aliphatic rings. The highest BCUT2D eigenvalue weighted by molar-refractivity contribution is 7.92. The lowest BCUT2D eigenvalue weighted by Gasteiger charge is -2.05. The molecule has 2 heterocycles. The molecule has 0 bridgehead atoms. The van der Waals surface area contributed by atoms with Crippen LogP contribution in [-0.2, 0) is 17.7 Å². The van der Waals surface area contributed by atoms with Gasteiger partial charge in [0.2, 0.25) is 0 Å². The van der Waals surface area contributed by atoms with E-state index in [2.05, 4.69) is 9.97 Å². The SMILES string of the molecule is C[S+]([O-])c1nc2ccc(Cn3ccnc(N)c3=O)cc2s1. The topological polar surface area (TPSA) is 96.9 Å². The van der Waals surface area contributed by atoms with Gasteiger partial charge in [-0.15, -0.1) is 0 Å². The van der Waals surface area contributed by atoms with Crippen LogP contribution in [0.2, 0.25) is 0 Å². The number of benzene rings is 1. The van der Waals surface area contributed by atoms with Crippen LogP contribution in [0.15, 0.2) is 39.7 Å². The van der Waals surface area contributed by atoms with E-state index in [0.717, 1.165) is 15.8 Å². The van der Waals surface area contributed by atoms with Crippen molar-refractivity contribution >= 4 is 38.5 Å². The number of hydrogen-bond acceptors (Lipinski definition) is 6. The number of nitrogens with two attached hydrogens (primary N) is 1. The second kappa shape index (κ2) is 5.47. The molecule has 1 atom stereocenters. The quantitative estimate of drug-likeness (QED) is 0.732. The van der Waals surface area contributed by atoms with Gasteiger partial charge < -0.3 is 14.9 Å². The summed E-state index contributed by atoms with van der Waals surface area (Å²) in [6.45, 7) is 0.407. The van der Waals surface area contributed by atoms with E-state index in [0.29, 0.717) is 10.9 Å². The smallest absolute Gasteiger partial charge is 0.302 e. The second-order valence-electron chi connectivity index (χ2n) is 4.48. The van der Waals surface area contributed by atoms with Crippen molar-refractivity contribution in [2.45, 2.75) is 10.9 Å². The van der Waals surface area contributed by atoms with Gasteiger partial charge in [-0.25, -0.2) is 4.98 Å². The molecular formula is C13H12N4O2S2. The molecule has 1 aromatic carbocycles. The second-order valence-corrected chi connectivity index (χ2v) is 7.07. The Morgan fingerprint density at radius 1 is 1.48 bits per heavy atom. The molecular weight excluding hydrogens is 308 g/mol. The first-order valence-electron chi connectivity index (χ1n) is 6.08. The molecule has 3 aromatic rings. The van der Waals surface area contributed by atoms with Crippen molar-refractivity contribution in [3.63, 3.8) is 0 Å². The molecule has 0 spiro atoms. The Morgan fingerprint density at radius 2 is 2.29 bits per heavy atom. The number of nitrogens with zero attached hydrogens (tertiary/aromatic N) is 3. The lowest BCUT2D eigenvalue weighted by Crippen LogP contribution is -2.23. The maximum absolute atomic E-state index is 11.9. The molecule has 3 rings (SSSR count). The molecule has 108 valence electrons. The molecule has 0 aliphatic heterocycles. The van der Waals surface area contributed by atoms with Crippen molar-refractivity contribution in [1.82, 2.24) is 14.5 Å². The fourth-order valence-corrected chi connectivity index (χ4v) is 3.68. The molecule has 0 amide bonds. The number of anilines is 1. The molecule has 0 saturated heterocycles. The predicted molar refractivity (Wildman–Crippen MR) is 84.0 cm³/mol. The van der Waals surface area contributed by atoms with Crippen molar-refractivity contribution in [3.8, 4) is 0 Å². The fourth-order valence-electron chi connectivity index (χ4n) is 1.95. The first-order valence-corrected chi connectivity index (χ1v) is 8.46. The Bertz CT molecular complexity index is 857. The summed E-state index contributed by atoms with van der Waals surface area (Å²) >= 11 is 0.316. The average molecular weight is 320 g/mol. The molecule has 2 N–H and O–H groups in total. The van der Waals surface area contributed by atoms with E-state index in [-0.39, 0.29) is 11.4 Å². The van der Waals surface area contributed by atoms with E-state index in [9.17, 15) is 9.35 Å². The van der Waals surface area contributed by atoms with Gasteiger partial charge in [-0.2, -0.15) is 4.98 Å². The largest absolute Gasteiger partial charge is 0.610 e. The predicted octanol–water partition coefficient (Wildman–Crippen LogP) is 1.22. The van der Waals surface area contributed by atoms with Gasteiger partial charge in [0.1, 0.15) is 6.26 Å². The Kier molecular flexibility index (Phi) is 3.66. The summed E-state index contributed by atoms with van der Waals surface area (Å²) < 4.78 is 14.5. The van der Waals surface area contributed by atoms with Crippen LogP contribution in [0.4, 0.5) is 5.82 Å². The summed E-state index contributed by atoms with van der Waals surface area (Å²) in [6.07, 6.45) is 4.71. The number of nitrogen functional groups attached to an aromatic ring is 1. The zero-order chi connectivity index (χ0) is 15.0. The van der Waals surface area contributed by atoms with Crippen LogP contribution in [-0.4, -0.2) is 25.3 Å². The van der Waals surface area contributed by atoms with Crippen molar-refractivity contribution in [2.75, 3.05) is 12.0 Å². The van der Waals surface area contributed by atoms with Crippen molar-refractivity contribution in [2.24, 2.45) is 0 Å². The highest BCUT2D eigenvalue weighted by Gasteiger charge is 2.12. The summed E-state index contributed by atoms with van der Waals surface area (Å²) in [4.78, 5) is 19.9. The van der Waals surface area contributed by atoms with Gasteiger partial charge in [-0.1, -0.05) is 17.4 Å². The van der Waals surface area contributed by atoms with Crippen LogP contribution in [0.25, 0.3) is 10.2 Å². The number of hydrogen-bond donors (Lipinski definition) is 1. The van der Waals surface area contributed by atoms with Crippen LogP contribution in [0, 0.1) is 0 Å². The van der Waals surface area contributed by atoms with Crippen molar-refractivity contribution < 1.29 is 4.55 Å². The highest BCUT2D eigenvalue weighted by Crippen LogP contribution is 2.26. The molecule has 6 nitrogen and oxygen atoms in total. The third kappa shape index (κ3) is 2.78. The third-order valence-electron chi connectivity index (χ3n) is 2.97. The highest BCUT2D eigenvalue weighted by atomic mass is 32.2. The summed E-state index contributed by atoms with van der Waals surface area (Å²) in [5, 5.41) is 0. The minimum Gasteiger partial charge on any atom is -0.610 e. The van der Waals surface area contributed by atoms with E-state index < -0.39 is 11.2 Å². The zero-order valence-electron chi connectivity index (χ0n) is 11.1. The Morgan fingerprint density at radius 3 is 3.05 bits per heavy atom. The maximum atomic E-state index is 11.9. The third-order valence-corrected chi connectivity index (χ3v) is 5.32. The van der Waals surface area contributed by atoms with E-state index in [1.807, 2.05) is 18.2 Å². The van der Waals surface area contributed by atoms with E-state index in [1.54, 1.807) is 12.5 Å². The van der Waals surface area contributed by atoms with E-state index >= 15 is 0 Å². The first-order chi connectivity index (χ1) is 10.0. The molecule has 8 heteroatoms. The Labute approximate surface area is 127 Å². The van der Waals surface area contributed by atoms with Gasteiger partial charge in [-0.3, -0.25) is 4.79 Å². The van der Waals surface area contributed by atoms with Crippen LogP contribution in [0.3, 0.4) is 0 Å². The molecule has 1 unspecified atom stereocenters. The number of aromatic nitrogens is 3. The number of thiazole rings is 1. The number of fused-ring (bicyclic) bond motifs is 1. The molecule has 0 aliphatic carbocycles. The minimum absolute atomic E-state index is 0.0139. The van der Waals surface area contributed by atoms with Gasteiger partial charge in [0.15, 0.2) is 5.82 Å². The van der Waals surface area contributed by atoms with Crippen molar-refractivity contribution in [3.05, 3.63) is 46.5 Å². The van der Waals surface area contributed by atoms with Gasteiger partial charge in [0, 0.05) is 23.6 Å². The van der Waals surface area contributed by atoms with Crippen LogP contribution < -0.4 is 11.3 Å². The minimum atomic E-state index is -1.09. The Balaban J connectivity index is 1.97. The van der Waals surface area contributed by atoms with Crippen molar-refractivity contribution in [1.29, 1.82) is 0 Å². The summed E-state index contributed by atoms with van der Waals surface area (Å²) in [7, 11) is 0. The normalized spacial score (nSPS) is 12.7. The van der Waals surface area contributed by atoms with Gasteiger partial charge in [0.05, 0.1) is 16.8 Å². The van der Waals surface area contributed by atoms with Crippen LogP contribution in [0.1, 0.15) is 5.56 Å². The molecule has 0 radical (unpaired) electrons. The summed E-state index contributed by atoms with van der Waals surface area (Å²) in [6, 6.07) is 5.72. The average Bonchev–Trinajstić information content (AvgIpc) is 2.87. The Hall–Kier alpha value is -1.90. The maximum Gasteiger partial charge on any atom is 0.302 e. The molecule has 0 saturated carbocycles. The van der Waals surface area contributed by atoms with Crippen LogP contribution >= 0.6 is 11.3 Å². The van der Waals surface area contributed by atoms with Gasteiger partial charge in [-0.05, 0) is 17.7 Å². The van der Waals surface area contributed by atoms with Crippen LogP contribution in [0.5, 0.6) is 0 Å². The fraction of sp³-hybridized carbons (Fsp3) is 0.154.